The second kappa shape index (κ2) is 5.87. The van der Waals surface area contributed by atoms with Gasteiger partial charge < -0.3 is 4.90 Å². The van der Waals surface area contributed by atoms with Crippen LogP contribution in [0.25, 0.3) is 0 Å². The first-order chi connectivity index (χ1) is 6.18. The molecule has 1 aliphatic rings. The van der Waals surface area contributed by atoms with Crippen molar-refractivity contribution in [1.29, 1.82) is 0 Å². The lowest BCUT2D eigenvalue weighted by atomic mass is 10.1. The van der Waals surface area contributed by atoms with E-state index >= 15 is 0 Å². The van der Waals surface area contributed by atoms with E-state index in [1.807, 2.05) is 0 Å². The van der Waals surface area contributed by atoms with Gasteiger partial charge in [0.2, 0.25) is 0 Å². The normalized spacial score (nSPS) is 21.2. The highest BCUT2D eigenvalue weighted by Gasteiger charge is 2.16. The quantitative estimate of drug-likeness (QED) is 0.621. The number of hydrogen-bond acceptors (Lipinski definition) is 1. The molecule has 1 nitrogen and oxygen atoms in total. The van der Waals surface area contributed by atoms with Crippen LogP contribution < -0.4 is 0 Å². The highest BCUT2D eigenvalue weighted by molar-refractivity contribution is 6.20. The zero-order valence-corrected chi connectivity index (χ0v) is 9.69. The number of hydrogen-bond donors (Lipinski definition) is 0. The van der Waals surface area contributed by atoms with Crippen molar-refractivity contribution in [2.24, 2.45) is 5.92 Å². The van der Waals surface area contributed by atoms with E-state index in [9.17, 15) is 0 Å². The first kappa shape index (κ1) is 11.3. The Kier molecular flexibility index (Phi) is 5.12. The maximum absolute atomic E-state index is 5.91. The smallest absolute Gasteiger partial charge is 0.0320 e. The summed E-state index contributed by atoms with van der Waals surface area (Å²) in [5, 5.41) is 0.325. The van der Waals surface area contributed by atoms with Gasteiger partial charge in [-0.1, -0.05) is 12.8 Å². The van der Waals surface area contributed by atoms with Crippen LogP contribution in [0, 0.1) is 5.92 Å². The van der Waals surface area contributed by atoms with Gasteiger partial charge in [0, 0.05) is 11.9 Å². The fourth-order valence-corrected chi connectivity index (χ4v) is 2.22. The van der Waals surface area contributed by atoms with Crippen molar-refractivity contribution in [1.82, 2.24) is 4.90 Å². The van der Waals surface area contributed by atoms with Gasteiger partial charge in [-0.05, 0) is 45.7 Å². The lowest BCUT2D eigenvalue weighted by Crippen LogP contribution is -2.26. The largest absolute Gasteiger partial charge is 0.306 e. The topological polar surface area (TPSA) is 3.24 Å². The molecule has 1 atom stereocenters. The van der Waals surface area contributed by atoms with E-state index in [4.69, 9.17) is 11.6 Å². The van der Waals surface area contributed by atoms with E-state index < -0.39 is 0 Å². The predicted molar refractivity (Wildman–Crippen MR) is 59.4 cm³/mol. The minimum atomic E-state index is 0.325. The predicted octanol–water partition coefficient (Wildman–Crippen LogP) is 3.13. The Balaban J connectivity index is 2.05. The molecule has 1 aliphatic carbocycles. The lowest BCUT2D eigenvalue weighted by Gasteiger charge is -2.20. The molecule has 0 saturated heterocycles. The van der Waals surface area contributed by atoms with E-state index in [0.717, 1.165) is 18.9 Å². The Labute approximate surface area is 87.4 Å². The number of alkyl halides is 1. The third-order valence-electron chi connectivity index (χ3n) is 2.95. The first-order valence-electron chi connectivity index (χ1n) is 5.51. The third kappa shape index (κ3) is 4.87. The Morgan fingerprint density at radius 1 is 1.38 bits per heavy atom. The van der Waals surface area contributed by atoms with Gasteiger partial charge in [-0.25, -0.2) is 0 Å². The van der Waals surface area contributed by atoms with E-state index in [2.05, 4.69) is 18.9 Å². The number of rotatable bonds is 5. The van der Waals surface area contributed by atoms with Crippen LogP contribution in [-0.4, -0.2) is 30.4 Å². The zero-order valence-electron chi connectivity index (χ0n) is 8.93. The summed E-state index contributed by atoms with van der Waals surface area (Å²) in [6.45, 7) is 4.51. The maximum atomic E-state index is 5.91. The summed E-state index contributed by atoms with van der Waals surface area (Å²) >= 11 is 5.91. The van der Waals surface area contributed by atoms with E-state index in [1.54, 1.807) is 0 Å². The molecule has 0 aromatic rings. The van der Waals surface area contributed by atoms with E-state index in [-0.39, 0.29) is 0 Å². The molecular formula is C11H22ClN. The van der Waals surface area contributed by atoms with Gasteiger partial charge in [0.05, 0.1) is 0 Å². The van der Waals surface area contributed by atoms with Gasteiger partial charge >= 0.3 is 0 Å². The van der Waals surface area contributed by atoms with Crippen LogP contribution in [0.1, 0.15) is 39.0 Å². The first-order valence-corrected chi connectivity index (χ1v) is 5.94. The standard InChI is InChI=1S/C11H22ClN/c1-10(12)7-8-13(2)9-11-5-3-4-6-11/h10-11H,3-9H2,1-2H3. The fourth-order valence-electron chi connectivity index (χ4n) is 2.12. The van der Waals surface area contributed by atoms with Crippen molar-refractivity contribution >= 4 is 11.6 Å². The molecule has 0 bridgehead atoms. The van der Waals surface area contributed by atoms with Crippen molar-refractivity contribution in [3.05, 3.63) is 0 Å². The van der Waals surface area contributed by atoms with Gasteiger partial charge in [-0.15, -0.1) is 11.6 Å². The van der Waals surface area contributed by atoms with Crippen LogP contribution in [0.3, 0.4) is 0 Å². The highest BCUT2D eigenvalue weighted by atomic mass is 35.5. The second-order valence-corrected chi connectivity index (χ2v) is 5.23. The van der Waals surface area contributed by atoms with E-state index in [1.165, 1.54) is 32.2 Å². The van der Waals surface area contributed by atoms with Crippen LogP contribution in [0.2, 0.25) is 0 Å². The molecule has 2 heteroatoms. The summed E-state index contributed by atoms with van der Waals surface area (Å²) in [6.07, 6.45) is 6.90. The Hall–Kier alpha value is 0.250. The van der Waals surface area contributed by atoms with Gasteiger partial charge in [0.1, 0.15) is 0 Å². The summed E-state index contributed by atoms with van der Waals surface area (Å²) in [7, 11) is 2.22. The lowest BCUT2D eigenvalue weighted by molar-refractivity contribution is 0.275. The Morgan fingerprint density at radius 3 is 2.54 bits per heavy atom. The monoisotopic (exact) mass is 203 g/mol. The molecule has 0 N–H and O–H groups in total. The summed E-state index contributed by atoms with van der Waals surface area (Å²) in [4.78, 5) is 2.44. The second-order valence-electron chi connectivity index (χ2n) is 4.48. The molecule has 0 spiro atoms. The maximum Gasteiger partial charge on any atom is 0.0320 e. The van der Waals surface area contributed by atoms with Crippen molar-refractivity contribution in [2.45, 2.75) is 44.4 Å². The zero-order chi connectivity index (χ0) is 9.68. The molecule has 0 amide bonds. The van der Waals surface area contributed by atoms with Crippen LogP contribution in [-0.2, 0) is 0 Å². The van der Waals surface area contributed by atoms with Crippen LogP contribution in [0.4, 0.5) is 0 Å². The molecular weight excluding hydrogens is 182 g/mol. The van der Waals surface area contributed by atoms with E-state index in [0.29, 0.717) is 5.38 Å². The average Bonchev–Trinajstić information content (AvgIpc) is 2.53. The third-order valence-corrected chi connectivity index (χ3v) is 3.17. The summed E-state index contributed by atoms with van der Waals surface area (Å²) in [5.74, 6) is 0.968. The van der Waals surface area contributed by atoms with Crippen molar-refractivity contribution in [2.75, 3.05) is 20.1 Å². The van der Waals surface area contributed by atoms with Crippen molar-refractivity contribution in [3.63, 3.8) is 0 Å². The molecule has 1 saturated carbocycles. The SMILES string of the molecule is CC(Cl)CCN(C)CC1CCCC1. The molecule has 0 heterocycles. The van der Waals surface area contributed by atoms with Gasteiger partial charge in [-0.2, -0.15) is 0 Å². The molecule has 78 valence electrons. The summed E-state index contributed by atoms with van der Waals surface area (Å²) < 4.78 is 0. The average molecular weight is 204 g/mol. The van der Waals surface area contributed by atoms with Crippen molar-refractivity contribution < 1.29 is 0 Å². The number of nitrogens with zero attached hydrogens (tertiary/aromatic N) is 1. The summed E-state index contributed by atoms with van der Waals surface area (Å²) in [6, 6.07) is 0. The van der Waals surface area contributed by atoms with Gasteiger partial charge in [0.15, 0.2) is 0 Å². The van der Waals surface area contributed by atoms with Gasteiger partial charge in [0.25, 0.3) is 0 Å². The Morgan fingerprint density at radius 2 is 2.00 bits per heavy atom. The Bertz CT molecular complexity index is 130. The minimum absolute atomic E-state index is 0.325. The minimum Gasteiger partial charge on any atom is -0.306 e. The molecule has 13 heavy (non-hydrogen) atoms. The van der Waals surface area contributed by atoms with Crippen molar-refractivity contribution in [3.8, 4) is 0 Å². The molecule has 0 radical (unpaired) electrons. The van der Waals surface area contributed by atoms with Crippen LogP contribution >= 0.6 is 11.6 Å². The molecule has 1 fully saturated rings. The number of halogens is 1. The molecule has 0 aromatic heterocycles. The molecule has 0 aromatic carbocycles. The van der Waals surface area contributed by atoms with Crippen LogP contribution in [0.15, 0.2) is 0 Å². The molecule has 0 aliphatic heterocycles. The van der Waals surface area contributed by atoms with Gasteiger partial charge in [-0.3, -0.25) is 0 Å². The molecule has 1 rings (SSSR count). The van der Waals surface area contributed by atoms with Crippen LogP contribution in [0.5, 0.6) is 0 Å². The summed E-state index contributed by atoms with van der Waals surface area (Å²) in [5.41, 5.74) is 0. The highest BCUT2D eigenvalue weighted by Crippen LogP contribution is 2.25. The molecule has 1 unspecified atom stereocenters. The fraction of sp³-hybridized carbons (Fsp3) is 1.00.